The van der Waals surface area contributed by atoms with Gasteiger partial charge in [0.15, 0.2) is 0 Å². The molecule has 0 spiro atoms. The summed E-state index contributed by atoms with van der Waals surface area (Å²) in [5.74, 6) is -0.0683. The van der Waals surface area contributed by atoms with Crippen LogP contribution in [0.25, 0.3) is 10.9 Å². The Hall–Kier alpha value is -2.44. The zero-order valence-electron chi connectivity index (χ0n) is 15.8. The maximum atomic E-state index is 12.3. The van der Waals surface area contributed by atoms with Gasteiger partial charge in [0.05, 0.1) is 5.75 Å². The van der Waals surface area contributed by atoms with E-state index < -0.39 is 10.0 Å². The van der Waals surface area contributed by atoms with Crippen molar-refractivity contribution in [1.82, 2.24) is 9.71 Å². The van der Waals surface area contributed by atoms with Gasteiger partial charge in [-0.15, -0.1) is 0 Å². The van der Waals surface area contributed by atoms with Crippen LogP contribution in [0.1, 0.15) is 27.8 Å². The van der Waals surface area contributed by atoms with Crippen molar-refractivity contribution in [2.75, 3.05) is 6.54 Å². The van der Waals surface area contributed by atoms with Gasteiger partial charge in [0.2, 0.25) is 10.0 Å². The SMILES string of the molecule is Cc1cccc(CS(=O)(=O)NCCc2cc3c(C)cc(C)cc3[nH]c2=O)c1. The molecule has 0 aliphatic carbocycles. The molecular formula is C21H24N2O3S. The second-order valence-electron chi connectivity index (χ2n) is 7.06. The molecule has 2 N–H and O–H groups in total. The first-order valence-corrected chi connectivity index (χ1v) is 10.5. The van der Waals surface area contributed by atoms with Crippen LogP contribution in [0.2, 0.25) is 0 Å². The van der Waals surface area contributed by atoms with Crippen LogP contribution in [0.3, 0.4) is 0 Å². The number of aromatic nitrogens is 1. The van der Waals surface area contributed by atoms with Crippen molar-refractivity contribution < 1.29 is 8.42 Å². The number of fused-ring (bicyclic) bond motifs is 1. The summed E-state index contributed by atoms with van der Waals surface area (Å²) in [4.78, 5) is 15.2. The van der Waals surface area contributed by atoms with Gasteiger partial charge in [0.1, 0.15) is 0 Å². The molecule has 0 unspecified atom stereocenters. The first-order valence-electron chi connectivity index (χ1n) is 8.89. The molecule has 1 aromatic heterocycles. The van der Waals surface area contributed by atoms with E-state index in [4.69, 9.17) is 0 Å². The van der Waals surface area contributed by atoms with Crippen LogP contribution in [0.15, 0.2) is 47.3 Å². The van der Waals surface area contributed by atoms with E-state index in [1.54, 1.807) is 6.07 Å². The van der Waals surface area contributed by atoms with Crippen molar-refractivity contribution in [2.45, 2.75) is 32.9 Å². The third-order valence-corrected chi connectivity index (χ3v) is 5.90. The van der Waals surface area contributed by atoms with E-state index in [0.29, 0.717) is 12.0 Å². The highest BCUT2D eigenvalue weighted by molar-refractivity contribution is 7.88. The van der Waals surface area contributed by atoms with Crippen molar-refractivity contribution in [3.05, 3.63) is 80.6 Å². The fourth-order valence-corrected chi connectivity index (χ4v) is 4.45. The summed E-state index contributed by atoms with van der Waals surface area (Å²) in [5.41, 5.74) is 5.15. The zero-order chi connectivity index (χ0) is 19.6. The van der Waals surface area contributed by atoms with Crippen molar-refractivity contribution in [3.63, 3.8) is 0 Å². The van der Waals surface area contributed by atoms with E-state index in [2.05, 4.69) is 15.8 Å². The molecule has 3 rings (SSSR count). The molecule has 27 heavy (non-hydrogen) atoms. The van der Waals surface area contributed by atoms with Crippen molar-refractivity contribution >= 4 is 20.9 Å². The summed E-state index contributed by atoms with van der Waals surface area (Å²) in [5, 5.41) is 0.984. The molecule has 0 aliphatic rings. The summed E-state index contributed by atoms with van der Waals surface area (Å²) in [6, 6.07) is 13.3. The third kappa shape index (κ3) is 4.84. The largest absolute Gasteiger partial charge is 0.322 e. The number of pyridine rings is 1. The molecule has 0 radical (unpaired) electrons. The molecule has 0 amide bonds. The van der Waals surface area contributed by atoms with Crippen LogP contribution >= 0.6 is 0 Å². The lowest BCUT2D eigenvalue weighted by molar-refractivity contribution is 0.580. The fourth-order valence-electron chi connectivity index (χ4n) is 3.32. The molecular weight excluding hydrogens is 360 g/mol. The second-order valence-corrected chi connectivity index (χ2v) is 8.87. The lowest BCUT2D eigenvalue weighted by Crippen LogP contribution is -2.28. The van der Waals surface area contributed by atoms with Crippen molar-refractivity contribution in [3.8, 4) is 0 Å². The lowest BCUT2D eigenvalue weighted by Gasteiger charge is -2.09. The van der Waals surface area contributed by atoms with Crippen molar-refractivity contribution in [1.29, 1.82) is 0 Å². The number of H-pyrrole nitrogens is 1. The molecule has 6 heteroatoms. The summed E-state index contributed by atoms with van der Waals surface area (Å²) < 4.78 is 27.2. The Morgan fingerprint density at radius 2 is 1.78 bits per heavy atom. The average Bonchev–Trinajstić information content (AvgIpc) is 2.55. The Balaban J connectivity index is 1.71. The number of aromatic amines is 1. The highest BCUT2D eigenvalue weighted by atomic mass is 32.2. The minimum atomic E-state index is -3.45. The summed E-state index contributed by atoms with van der Waals surface area (Å²) >= 11 is 0. The van der Waals surface area contributed by atoms with Gasteiger partial charge in [0.25, 0.3) is 5.56 Å². The normalized spacial score (nSPS) is 11.8. The second kappa shape index (κ2) is 7.66. The smallest absolute Gasteiger partial charge is 0.251 e. The van der Waals surface area contributed by atoms with Crippen LogP contribution in [-0.4, -0.2) is 19.9 Å². The van der Waals surface area contributed by atoms with Crippen LogP contribution in [0.5, 0.6) is 0 Å². The van der Waals surface area contributed by atoms with Gasteiger partial charge in [0, 0.05) is 23.0 Å². The number of benzene rings is 2. The Morgan fingerprint density at radius 3 is 2.52 bits per heavy atom. The molecule has 0 aliphatic heterocycles. The standard InChI is InChI=1S/C21H24N2O3S/c1-14-5-4-6-17(10-14)13-27(25,26)22-8-7-18-12-19-16(3)9-15(2)11-20(19)23-21(18)24/h4-6,9-12,22H,7-8,13H2,1-3H3,(H,23,24). The fraction of sp³-hybridized carbons (Fsp3) is 0.286. The van der Waals surface area contributed by atoms with Gasteiger partial charge >= 0.3 is 0 Å². The van der Waals surface area contributed by atoms with Gasteiger partial charge < -0.3 is 4.98 Å². The Kier molecular flexibility index (Phi) is 5.48. The van der Waals surface area contributed by atoms with E-state index in [9.17, 15) is 13.2 Å². The summed E-state index contributed by atoms with van der Waals surface area (Å²) in [6.45, 7) is 6.11. The number of hydrogen-bond donors (Lipinski definition) is 2. The number of nitrogens with one attached hydrogen (secondary N) is 2. The predicted molar refractivity (Wildman–Crippen MR) is 110 cm³/mol. The highest BCUT2D eigenvalue weighted by Gasteiger charge is 2.12. The van der Waals surface area contributed by atoms with Gasteiger partial charge in [-0.05, 0) is 56.0 Å². The topological polar surface area (TPSA) is 79.0 Å². The third-order valence-electron chi connectivity index (χ3n) is 4.55. The molecule has 1 heterocycles. The number of rotatable bonds is 6. The van der Waals surface area contributed by atoms with E-state index in [-0.39, 0.29) is 17.9 Å². The van der Waals surface area contributed by atoms with E-state index in [1.807, 2.05) is 51.1 Å². The molecule has 0 fully saturated rings. The minimum Gasteiger partial charge on any atom is -0.322 e. The van der Waals surface area contributed by atoms with Crippen molar-refractivity contribution in [2.24, 2.45) is 0 Å². The molecule has 0 atom stereocenters. The van der Waals surface area contributed by atoms with Crippen LogP contribution in [-0.2, 0) is 22.2 Å². The number of hydrogen-bond acceptors (Lipinski definition) is 3. The molecule has 0 saturated carbocycles. The Morgan fingerprint density at radius 1 is 1.00 bits per heavy atom. The van der Waals surface area contributed by atoms with Crippen LogP contribution in [0.4, 0.5) is 0 Å². The maximum absolute atomic E-state index is 12.3. The Labute approximate surface area is 159 Å². The van der Waals surface area contributed by atoms with E-state index in [1.165, 1.54) is 0 Å². The Bertz CT molecular complexity index is 1150. The first-order chi connectivity index (χ1) is 12.7. The van der Waals surface area contributed by atoms with Gasteiger partial charge in [-0.25, -0.2) is 13.1 Å². The number of sulfonamides is 1. The average molecular weight is 385 g/mol. The quantitative estimate of drug-likeness (QED) is 0.685. The van der Waals surface area contributed by atoms with Gasteiger partial charge in [-0.2, -0.15) is 0 Å². The minimum absolute atomic E-state index is 0.0683. The van der Waals surface area contributed by atoms with Gasteiger partial charge in [-0.1, -0.05) is 35.9 Å². The van der Waals surface area contributed by atoms with Gasteiger partial charge in [-0.3, -0.25) is 4.79 Å². The molecule has 0 bridgehead atoms. The molecule has 3 aromatic rings. The zero-order valence-corrected chi connectivity index (χ0v) is 16.6. The maximum Gasteiger partial charge on any atom is 0.251 e. The lowest BCUT2D eigenvalue weighted by atomic mass is 10.0. The predicted octanol–water partition coefficient (Wildman–Crippen LogP) is 3.12. The van der Waals surface area contributed by atoms with E-state index >= 15 is 0 Å². The molecule has 2 aromatic carbocycles. The summed E-state index contributed by atoms with van der Waals surface area (Å²) in [7, 11) is -3.45. The summed E-state index contributed by atoms with van der Waals surface area (Å²) in [6.07, 6.45) is 0.339. The van der Waals surface area contributed by atoms with E-state index in [0.717, 1.165) is 33.2 Å². The van der Waals surface area contributed by atoms with Crippen LogP contribution in [0, 0.1) is 20.8 Å². The molecule has 142 valence electrons. The molecule has 5 nitrogen and oxygen atoms in total. The first kappa shape index (κ1) is 19.3. The highest BCUT2D eigenvalue weighted by Crippen LogP contribution is 2.18. The number of aryl methyl sites for hydroxylation is 3. The van der Waals surface area contributed by atoms with Crippen LogP contribution < -0.4 is 10.3 Å². The molecule has 0 saturated heterocycles. The monoisotopic (exact) mass is 384 g/mol.